The van der Waals surface area contributed by atoms with Crippen LogP contribution in [0.4, 0.5) is 0 Å². The molecule has 0 radical (unpaired) electrons. The average molecular weight is 493 g/mol. The molecule has 192 valence electrons. The van der Waals surface area contributed by atoms with Gasteiger partial charge >= 0.3 is 11.9 Å². The van der Waals surface area contributed by atoms with Gasteiger partial charge in [0.1, 0.15) is 0 Å². The van der Waals surface area contributed by atoms with E-state index in [2.05, 4.69) is 26.3 Å². The van der Waals surface area contributed by atoms with E-state index < -0.39 is 11.9 Å². The summed E-state index contributed by atoms with van der Waals surface area (Å²) in [6.45, 7) is 15.0. The van der Waals surface area contributed by atoms with Crippen LogP contribution in [-0.4, -0.2) is 25.2 Å². The molecule has 6 nitrogen and oxygen atoms in total. The molecule has 0 heterocycles. The smallest absolute Gasteiger partial charge is 0.343 e. The molecule has 0 aliphatic carbocycles. The summed E-state index contributed by atoms with van der Waals surface area (Å²) >= 11 is 0. The van der Waals surface area contributed by atoms with Gasteiger partial charge < -0.3 is 18.9 Å². The standard InChI is InChI=1S/C24H30O6.C6H6/c1-5-27-17-11-9-13-19-20(14-10-12-18-28-6-2)22(24(26)30-8-4)16-15-21(19)23(25)29-7-3;1-2-4-6-5-3-1/h5-8,15-16H,1-4,9-14,17-18H2;1-6H. The molecule has 2 aromatic rings. The van der Waals surface area contributed by atoms with Crippen LogP contribution in [0.25, 0.3) is 0 Å². The molecule has 0 fully saturated rings. The Bertz CT molecular complexity index is 875. The molecule has 0 spiro atoms. The summed E-state index contributed by atoms with van der Waals surface area (Å²) in [5.74, 6) is -1.02. The van der Waals surface area contributed by atoms with Crippen molar-refractivity contribution in [1.29, 1.82) is 0 Å². The van der Waals surface area contributed by atoms with Crippen LogP contribution in [0, 0.1) is 0 Å². The van der Waals surface area contributed by atoms with Gasteiger partial charge in [0.25, 0.3) is 0 Å². The highest BCUT2D eigenvalue weighted by molar-refractivity contribution is 5.97. The van der Waals surface area contributed by atoms with Gasteiger partial charge in [-0.3, -0.25) is 0 Å². The maximum atomic E-state index is 12.5. The third kappa shape index (κ3) is 11.4. The van der Waals surface area contributed by atoms with E-state index in [1.165, 1.54) is 12.5 Å². The minimum atomic E-state index is -0.512. The molecule has 0 N–H and O–H groups in total. The highest BCUT2D eigenvalue weighted by Gasteiger charge is 2.22. The molecule has 2 aromatic carbocycles. The molecule has 36 heavy (non-hydrogen) atoms. The third-order valence-electron chi connectivity index (χ3n) is 5.03. The fraction of sp³-hybridized carbons (Fsp3) is 0.267. The summed E-state index contributed by atoms with van der Waals surface area (Å²) in [5.41, 5.74) is 2.35. The van der Waals surface area contributed by atoms with Crippen LogP contribution in [0.2, 0.25) is 0 Å². The summed E-state index contributed by atoms with van der Waals surface area (Å²) < 4.78 is 20.3. The zero-order chi connectivity index (χ0) is 26.4. The molecule has 6 heteroatoms. The molecule has 0 amide bonds. The topological polar surface area (TPSA) is 71.1 Å². The first-order valence-electron chi connectivity index (χ1n) is 11.8. The van der Waals surface area contributed by atoms with Crippen molar-refractivity contribution >= 4 is 11.9 Å². The van der Waals surface area contributed by atoms with Gasteiger partial charge in [0, 0.05) is 0 Å². The van der Waals surface area contributed by atoms with Crippen molar-refractivity contribution < 1.29 is 28.5 Å². The van der Waals surface area contributed by atoms with E-state index in [4.69, 9.17) is 18.9 Å². The lowest BCUT2D eigenvalue weighted by molar-refractivity contribution is 0.0647. The van der Waals surface area contributed by atoms with Crippen LogP contribution in [0.5, 0.6) is 0 Å². The van der Waals surface area contributed by atoms with E-state index in [9.17, 15) is 9.59 Å². The van der Waals surface area contributed by atoms with Crippen molar-refractivity contribution in [3.05, 3.63) is 122 Å². The molecule has 0 atom stereocenters. The number of carbonyl (C=O) groups is 2. The van der Waals surface area contributed by atoms with Crippen molar-refractivity contribution in [2.24, 2.45) is 0 Å². The molecule has 0 aliphatic rings. The fourth-order valence-corrected chi connectivity index (χ4v) is 3.45. The van der Waals surface area contributed by atoms with Crippen molar-refractivity contribution in [1.82, 2.24) is 0 Å². The van der Waals surface area contributed by atoms with Gasteiger partial charge in [-0.25, -0.2) is 9.59 Å². The normalized spacial score (nSPS) is 9.56. The summed E-state index contributed by atoms with van der Waals surface area (Å²) in [6.07, 6.45) is 9.21. The Morgan fingerprint density at radius 3 is 1.25 bits per heavy atom. The number of benzene rings is 2. The number of hydrogen-bond acceptors (Lipinski definition) is 6. The Hall–Kier alpha value is -4.06. The Morgan fingerprint density at radius 1 is 0.583 bits per heavy atom. The lowest BCUT2D eigenvalue weighted by atomic mass is 9.89. The predicted octanol–water partition coefficient (Wildman–Crippen LogP) is 6.94. The van der Waals surface area contributed by atoms with Gasteiger partial charge in [0.05, 0.1) is 49.4 Å². The Kier molecular flexibility index (Phi) is 16.0. The highest BCUT2D eigenvalue weighted by atomic mass is 16.5. The van der Waals surface area contributed by atoms with E-state index in [0.29, 0.717) is 37.2 Å². The maximum Gasteiger partial charge on any atom is 0.343 e. The lowest BCUT2D eigenvalue weighted by Crippen LogP contribution is -2.14. The van der Waals surface area contributed by atoms with Crippen molar-refractivity contribution in [2.45, 2.75) is 38.5 Å². The first-order valence-corrected chi connectivity index (χ1v) is 11.8. The van der Waals surface area contributed by atoms with Crippen LogP contribution >= 0.6 is 0 Å². The van der Waals surface area contributed by atoms with Gasteiger partial charge in [0.2, 0.25) is 0 Å². The van der Waals surface area contributed by atoms with Crippen LogP contribution in [-0.2, 0) is 31.8 Å². The van der Waals surface area contributed by atoms with Gasteiger partial charge in [-0.1, -0.05) is 62.7 Å². The molecule has 0 unspecified atom stereocenters. The SMILES string of the molecule is C=COCCCCc1c(C(=O)OC=C)ccc(C(=O)OC=C)c1CCCCOC=C.c1ccccc1. The largest absolute Gasteiger partial charge is 0.502 e. The average Bonchev–Trinajstić information content (AvgIpc) is 2.90. The number of rotatable bonds is 16. The van der Waals surface area contributed by atoms with Gasteiger partial charge in [-0.05, 0) is 61.8 Å². The number of ether oxygens (including phenoxy) is 4. The van der Waals surface area contributed by atoms with Crippen molar-refractivity contribution in [3.8, 4) is 0 Å². The summed E-state index contributed by atoms with van der Waals surface area (Å²) in [6, 6.07) is 15.2. The number of carbonyl (C=O) groups excluding carboxylic acids is 2. The van der Waals surface area contributed by atoms with Crippen molar-refractivity contribution in [3.63, 3.8) is 0 Å². The molecule has 0 saturated carbocycles. The van der Waals surface area contributed by atoms with Crippen LogP contribution in [0.15, 0.2) is 99.9 Å². The van der Waals surface area contributed by atoms with Gasteiger partial charge in [0.15, 0.2) is 0 Å². The monoisotopic (exact) mass is 492 g/mol. The van der Waals surface area contributed by atoms with E-state index in [-0.39, 0.29) is 0 Å². The fourth-order valence-electron chi connectivity index (χ4n) is 3.45. The number of unbranched alkanes of at least 4 members (excludes halogenated alkanes) is 2. The third-order valence-corrected chi connectivity index (χ3v) is 5.03. The second kappa shape index (κ2) is 19.3. The Balaban J connectivity index is 0.000000936. The van der Waals surface area contributed by atoms with Crippen molar-refractivity contribution in [2.75, 3.05) is 13.2 Å². The van der Waals surface area contributed by atoms with Gasteiger partial charge in [-0.2, -0.15) is 0 Å². The Morgan fingerprint density at radius 2 is 0.944 bits per heavy atom. The number of hydrogen-bond donors (Lipinski definition) is 0. The van der Waals surface area contributed by atoms with E-state index in [1.54, 1.807) is 12.1 Å². The van der Waals surface area contributed by atoms with Gasteiger partial charge in [-0.15, -0.1) is 0 Å². The second-order valence-corrected chi connectivity index (χ2v) is 7.41. The van der Waals surface area contributed by atoms with Crippen LogP contribution in [0.1, 0.15) is 57.5 Å². The second-order valence-electron chi connectivity index (χ2n) is 7.41. The summed E-state index contributed by atoms with van der Waals surface area (Å²) in [5, 5.41) is 0. The molecular formula is C30H36O6. The summed E-state index contributed by atoms with van der Waals surface area (Å²) in [4.78, 5) is 25.0. The molecule has 0 bridgehead atoms. The predicted molar refractivity (Wildman–Crippen MR) is 142 cm³/mol. The first-order chi connectivity index (χ1) is 17.6. The quantitative estimate of drug-likeness (QED) is 0.144. The minimum Gasteiger partial charge on any atom is -0.502 e. The lowest BCUT2D eigenvalue weighted by Gasteiger charge is -2.17. The molecular weight excluding hydrogens is 456 g/mol. The zero-order valence-corrected chi connectivity index (χ0v) is 20.9. The molecule has 0 aromatic heterocycles. The zero-order valence-electron chi connectivity index (χ0n) is 20.9. The summed E-state index contributed by atoms with van der Waals surface area (Å²) in [7, 11) is 0. The Labute approximate surface area is 214 Å². The highest BCUT2D eigenvalue weighted by Crippen LogP contribution is 2.26. The van der Waals surface area contributed by atoms with E-state index in [0.717, 1.165) is 49.3 Å². The minimum absolute atomic E-state index is 0.409. The van der Waals surface area contributed by atoms with E-state index >= 15 is 0 Å². The first kappa shape index (κ1) is 30.0. The molecule has 2 rings (SSSR count). The molecule has 0 aliphatic heterocycles. The number of esters is 2. The van der Waals surface area contributed by atoms with E-state index in [1.807, 2.05) is 36.4 Å². The van der Waals surface area contributed by atoms with Crippen LogP contribution < -0.4 is 0 Å². The molecule has 0 saturated heterocycles. The van der Waals surface area contributed by atoms with Crippen LogP contribution in [0.3, 0.4) is 0 Å². The maximum absolute atomic E-state index is 12.5.